The summed E-state index contributed by atoms with van der Waals surface area (Å²) in [6.45, 7) is 21.4. The summed E-state index contributed by atoms with van der Waals surface area (Å²) in [5.41, 5.74) is -0.635. The molecule has 0 radical (unpaired) electrons. The summed E-state index contributed by atoms with van der Waals surface area (Å²) in [7, 11) is -6.93. The molecule has 0 aromatic carbocycles. The van der Waals surface area contributed by atoms with Crippen LogP contribution in [0.25, 0.3) is 0 Å². The number of nitrogens with zero attached hydrogens (tertiary/aromatic N) is 1. The van der Waals surface area contributed by atoms with Gasteiger partial charge in [0.2, 0.25) is 14.2 Å². The fraction of sp³-hybridized carbons (Fsp3) is 0.743. The van der Waals surface area contributed by atoms with Crippen LogP contribution in [0.4, 0.5) is 13.2 Å². The molecule has 0 bridgehead atoms. The van der Waals surface area contributed by atoms with Gasteiger partial charge in [0.05, 0.1) is 24.7 Å². The maximum Gasteiger partial charge on any atom is 0.534 e. The van der Waals surface area contributed by atoms with E-state index in [1.807, 2.05) is 25.2 Å². The first-order valence-electron chi connectivity index (χ1n) is 17.3. The van der Waals surface area contributed by atoms with Crippen molar-refractivity contribution >= 4 is 26.5 Å². The van der Waals surface area contributed by atoms with Gasteiger partial charge in [0, 0.05) is 33.7 Å². The number of alkyl halides is 3. The summed E-state index contributed by atoms with van der Waals surface area (Å²) >= 11 is 0. The first kappa shape index (κ1) is 45.2. The number of ether oxygens (including phenoxy) is 3. The van der Waals surface area contributed by atoms with Gasteiger partial charge in [0.25, 0.3) is 5.88 Å². The standard InChI is InChI=1S/C35H58F3NO9SSi2/c1-24(2)51(25(3)4,26(5)6)48-31(18-27(7)15-16-29(43-8)14-13-17-50(10,11)12)30-19-28(22-40)20-34(44-9,46-30)21-32-39-33(23-45-32)47-49(41,42)35(36,37)38/h15-16,18,23-26,28-31,40H,14,19-22H2,1-12H3/t28-,29-,30-,31-,34+/m1/s1. The minimum Gasteiger partial charge on any atom is -0.445 e. The third kappa shape index (κ3) is 12.6. The summed E-state index contributed by atoms with van der Waals surface area (Å²) in [6.07, 6.45) is 6.20. The third-order valence-electron chi connectivity index (χ3n) is 9.08. The van der Waals surface area contributed by atoms with Crippen LogP contribution in [-0.2, 0) is 35.2 Å². The highest BCUT2D eigenvalue weighted by Gasteiger charge is 2.51. The molecule has 1 aliphatic heterocycles. The Bertz CT molecular complexity index is 1470. The van der Waals surface area contributed by atoms with E-state index in [-0.39, 0.29) is 54.0 Å². The van der Waals surface area contributed by atoms with E-state index in [0.717, 1.165) is 5.57 Å². The Labute approximate surface area is 304 Å². The van der Waals surface area contributed by atoms with Crippen molar-refractivity contribution in [2.45, 2.75) is 140 Å². The van der Waals surface area contributed by atoms with Gasteiger partial charge in [-0.1, -0.05) is 85.0 Å². The maximum atomic E-state index is 12.9. The Hall–Kier alpha value is -1.98. The van der Waals surface area contributed by atoms with Gasteiger partial charge in [0.15, 0.2) is 12.1 Å². The van der Waals surface area contributed by atoms with Crippen LogP contribution in [-0.4, -0.2) is 85.3 Å². The van der Waals surface area contributed by atoms with Gasteiger partial charge in [-0.2, -0.15) is 26.6 Å². The van der Waals surface area contributed by atoms with E-state index in [1.54, 1.807) is 7.11 Å². The topological polar surface area (TPSA) is 127 Å². The molecule has 292 valence electrons. The maximum absolute atomic E-state index is 12.9. The zero-order chi connectivity index (χ0) is 39.0. The molecule has 1 saturated heterocycles. The lowest BCUT2D eigenvalue weighted by Gasteiger charge is -2.49. The molecule has 1 N–H and O–H groups in total. The molecule has 5 atom stereocenters. The van der Waals surface area contributed by atoms with E-state index in [0.29, 0.717) is 19.1 Å². The molecule has 0 aliphatic carbocycles. The van der Waals surface area contributed by atoms with Crippen molar-refractivity contribution in [1.82, 2.24) is 4.98 Å². The SMILES string of the molecule is CO[C@@H](C=CC(C)=C[C@@H](O[Si](C(C)C)(C(C)C)C(C)C)[C@H]1C[C@@H](CO)C[C@](Cc2nc(OS(=O)(=O)C(F)(F)F)co2)(OC)O1)CC#C[Si](C)(C)C. The molecule has 1 aromatic heterocycles. The fourth-order valence-electron chi connectivity index (χ4n) is 6.77. The fourth-order valence-corrected chi connectivity index (χ4v) is 13.3. The zero-order valence-electron chi connectivity index (χ0n) is 32.1. The van der Waals surface area contributed by atoms with Crippen molar-refractivity contribution in [2.24, 2.45) is 5.92 Å². The Morgan fingerprint density at radius 3 is 2.24 bits per heavy atom. The molecular weight excluding hydrogens is 724 g/mol. The lowest BCUT2D eigenvalue weighted by molar-refractivity contribution is -0.291. The van der Waals surface area contributed by atoms with Crippen molar-refractivity contribution in [2.75, 3.05) is 20.8 Å². The number of aliphatic hydroxyl groups is 1. The minimum atomic E-state index is -5.95. The van der Waals surface area contributed by atoms with Crippen LogP contribution in [0.3, 0.4) is 0 Å². The van der Waals surface area contributed by atoms with Gasteiger partial charge in [0.1, 0.15) is 8.07 Å². The van der Waals surface area contributed by atoms with Crippen LogP contribution in [0.2, 0.25) is 36.3 Å². The molecule has 0 spiro atoms. The predicted molar refractivity (Wildman–Crippen MR) is 196 cm³/mol. The molecule has 1 fully saturated rings. The Kier molecular flexibility index (Phi) is 16.3. The number of halogens is 3. The van der Waals surface area contributed by atoms with E-state index in [4.69, 9.17) is 23.1 Å². The summed E-state index contributed by atoms with van der Waals surface area (Å²) in [5.74, 6) is 0.447. The smallest absolute Gasteiger partial charge is 0.445 e. The van der Waals surface area contributed by atoms with E-state index in [9.17, 15) is 26.7 Å². The Morgan fingerprint density at radius 1 is 1.14 bits per heavy atom. The Morgan fingerprint density at radius 2 is 1.75 bits per heavy atom. The molecule has 0 unspecified atom stereocenters. The number of oxazole rings is 1. The second-order valence-corrected chi connectivity index (χ2v) is 26.9. The van der Waals surface area contributed by atoms with Gasteiger partial charge in [-0.3, -0.25) is 0 Å². The molecule has 0 saturated carbocycles. The van der Waals surface area contributed by atoms with E-state index in [2.05, 4.69) is 81.8 Å². The average molecular weight is 782 g/mol. The normalized spacial score (nSPS) is 22.5. The molecule has 51 heavy (non-hydrogen) atoms. The van der Waals surface area contributed by atoms with Crippen LogP contribution < -0.4 is 4.18 Å². The molecule has 16 heteroatoms. The van der Waals surface area contributed by atoms with Gasteiger partial charge in [-0.25, -0.2) is 0 Å². The van der Waals surface area contributed by atoms with Crippen molar-refractivity contribution in [1.29, 1.82) is 0 Å². The van der Waals surface area contributed by atoms with Crippen LogP contribution >= 0.6 is 0 Å². The highest BCUT2D eigenvalue weighted by Crippen LogP contribution is 2.46. The largest absolute Gasteiger partial charge is 0.534 e. The van der Waals surface area contributed by atoms with E-state index >= 15 is 0 Å². The number of allylic oxidation sites excluding steroid dienone is 2. The molecule has 0 amide bonds. The molecular formula is C35H58F3NO9SSi2. The highest BCUT2D eigenvalue weighted by molar-refractivity contribution is 7.87. The van der Waals surface area contributed by atoms with Gasteiger partial charge >= 0.3 is 15.6 Å². The monoisotopic (exact) mass is 781 g/mol. The Balaban J connectivity index is 2.57. The van der Waals surface area contributed by atoms with Crippen molar-refractivity contribution < 1.29 is 53.9 Å². The van der Waals surface area contributed by atoms with Crippen LogP contribution in [0, 0.1) is 17.4 Å². The summed E-state index contributed by atoms with van der Waals surface area (Å²) < 4.78 is 96.9. The van der Waals surface area contributed by atoms with E-state index < -0.39 is 55.9 Å². The number of rotatable bonds is 17. The van der Waals surface area contributed by atoms with E-state index in [1.165, 1.54) is 7.11 Å². The van der Waals surface area contributed by atoms with Crippen molar-refractivity contribution in [3.05, 3.63) is 36.0 Å². The summed E-state index contributed by atoms with van der Waals surface area (Å²) in [5, 5.41) is 10.4. The van der Waals surface area contributed by atoms with Crippen LogP contribution in [0.5, 0.6) is 5.88 Å². The highest BCUT2D eigenvalue weighted by atomic mass is 32.2. The third-order valence-corrected chi connectivity index (χ3v) is 17.1. The quantitative estimate of drug-likeness (QED) is 0.0548. The molecule has 2 rings (SSSR count). The molecule has 10 nitrogen and oxygen atoms in total. The van der Waals surface area contributed by atoms with Crippen molar-refractivity contribution in [3.63, 3.8) is 0 Å². The number of aromatic nitrogens is 1. The minimum absolute atomic E-state index is 0.174. The number of methoxy groups -OCH3 is 2. The van der Waals surface area contributed by atoms with Crippen LogP contribution in [0.15, 0.2) is 34.5 Å². The first-order chi connectivity index (χ1) is 23.4. The van der Waals surface area contributed by atoms with Gasteiger partial charge in [-0.15, -0.1) is 11.5 Å². The average Bonchev–Trinajstić information content (AvgIpc) is 3.44. The van der Waals surface area contributed by atoms with Crippen LogP contribution in [0.1, 0.15) is 73.6 Å². The van der Waals surface area contributed by atoms with Gasteiger partial charge in [-0.05, 0) is 35.9 Å². The number of hydrogen-bond donors (Lipinski definition) is 1. The lowest BCUT2D eigenvalue weighted by atomic mass is 9.86. The molecule has 1 aliphatic rings. The summed E-state index contributed by atoms with van der Waals surface area (Å²) in [4.78, 5) is 3.82. The predicted octanol–water partition coefficient (Wildman–Crippen LogP) is 7.92. The molecule has 1 aromatic rings. The summed E-state index contributed by atoms with van der Waals surface area (Å²) in [6, 6.07) is 0. The second kappa shape index (κ2) is 18.4. The van der Waals surface area contributed by atoms with Crippen molar-refractivity contribution in [3.8, 4) is 17.3 Å². The molecule has 2 heterocycles. The second-order valence-electron chi connectivity index (χ2n) is 15.2. The number of hydrogen-bond acceptors (Lipinski definition) is 10. The lowest BCUT2D eigenvalue weighted by Crippen LogP contribution is -2.56. The number of aliphatic hydroxyl groups excluding tert-OH is 1. The van der Waals surface area contributed by atoms with Gasteiger partial charge < -0.3 is 32.3 Å². The zero-order valence-corrected chi connectivity index (χ0v) is 34.9. The first-order valence-corrected chi connectivity index (χ1v) is 24.3.